The number of benzene rings is 1. The Labute approximate surface area is 174 Å². The van der Waals surface area contributed by atoms with Crippen LogP contribution in [0, 0.1) is 34.6 Å². The van der Waals surface area contributed by atoms with E-state index in [0.29, 0.717) is 29.8 Å². The lowest BCUT2D eigenvalue weighted by Crippen LogP contribution is -2.30. The largest absolute Gasteiger partial charge is 0.435 e. The van der Waals surface area contributed by atoms with Crippen molar-refractivity contribution < 1.29 is 26.3 Å². The zero-order valence-corrected chi connectivity index (χ0v) is 18.5. The Bertz CT molecular complexity index is 1060. The maximum absolute atomic E-state index is 13.3. The Hall–Kier alpha value is -1.91. The Kier molecular flexibility index (Phi) is 6.05. The number of nitrogens with one attached hydrogen (secondary N) is 1. The lowest BCUT2D eigenvalue weighted by atomic mass is 9.95. The molecule has 3 rings (SSSR count). The van der Waals surface area contributed by atoms with Gasteiger partial charge in [-0.05, 0) is 62.4 Å². The molecule has 2 aromatic rings. The minimum absolute atomic E-state index is 0.000432. The average Bonchev–Trinajstić information content (AvgIpc) is 3.04. The highest BCUT2D eigenvalue weighted by Crippen LogP contribution is 2.34. The van der Waals surface area contributed by atoms with Gasteiger partial charge in [0, 0.05) is 24.2 Å². The molecule has 30 heavy (non-hydrogen) atoms. The van der Waals surface area contributed by atoms with E-state index in [9.17, 15) is 21.6 Å². The first-order chi connectivity index (χ1) is 13.9. The van der Waals surface area contributed by atoms with Crippen molar-refractivity contribution in [3.05, 3.63) is 44.8 Å². The van der Waals surface area contributed by atoms with E-state index in [-0.39, 0.29) is 30.2 Å². The summed E-state index contributed by atoms with van der Waals surface area (Å²) < 4.78 is 74.7. The lowest BCUT2D eigenvalue weighted by Gasteiger charge is -2.19. The quantitative estimate of drug-likeness (QED) is 0.765. The van der Waals surface area contributed by atoms with Gasteiger partial charge in [0.1, 0.15) is 0 Å². The molecule has 0 saturated heterocycles. The van der Waals surface area contributed by atoms with Gasteiger partial charge in [0.25, 0.3) is 0 Å². The van der Waals surface area contributed by atoms with Crippen LogP contribution in [0.4, 0.5) is 13.2 Å². The second kappa shape index (κ2) is 7.97. The van der Waals surface area contributed by atoms with E-state index in [1.54, 1.807) is 13.8 Å². The number of aromatic nitrogens is 2. The van der Waals surface area contributed by atoms with Crippen LogP contribution in [-0.4, -0.2) is 31.3 Å². The highest BCUT2D eigenvalue weighted by Gasteiger charge is 2.39. The van der Waals surface area contributed by atoms with Gasteiger partial charge < -0.3 is 4.74 Å². The van der Waals surface area contributed by atoms with Crippen LogP contribution in [0.5, 0.6) is 0 Å². The number of sulfonamides is 1. The maximum Gasteiger partial charge on any atom is 0.435 e. The standard InChI is InChI=1S/C20H26F3N3O3S/c1-11-12(2)14(4)18(15(5)13(11)3)30(27,28)24-7-8-26-17-6-9-29-10-16(17)19(25-26)20(21,22)23/h24H,6-10H2,1-5H3. The zero-order valence-electron chi connectivity index (χ0n) is 17.7. The van der Waals surface area contributed by atoms with Gasteiger partial charge in [-0.15, -0.1) is 0 Å². The normalized spacial score (nSPS) is 14.8. The Morgan fingerprint density at radius 1 is 1.03 bits per heavy atom. The van der Waals surface area contributed by atoms with Crippen LogP contribution in [0.3, 0.4) is 0 Å². The highest BCUT2D eigenvalue weighted by atomic mass is 32.2. The third-order valence-corrected chi connectivity index (χ3v) is 7.71. The van der Waals surface area contributed by atoms with E-state index in [1.165, 1.54) is 4.68 Å². The van der Waals surface area contributed by atoms with E-state index in [1.807, 2.05) is 20.8 Å². The van der Waals surface area contributed by atoms with Gasteiger partial charge in [-0.25, -0.2) is 13.1 Å². The number of hydrogen-bond donors (Lipinski definition) is 1. The van der Waals surface area contributed by atoms with Gasteiger partial charge in [-0.1, -0.05) is 0 Å². The fourth-order valence-electron chi connectivity index (χ4n) is 3.95. The molecule has 10 heteroatoms. The van der Waals surface area contributed by atoms with Crippen molar-refractivity contribution >= 4 is 10.0 Å². The lowest BCUT2D eigenvalue weighted by molar-refractivity contribution is -0.142. The Morgan fingerprint density at radius 2 is 1.60 bits per heavy atom. The smallest absolute Gasteiger partial charge is 0.376 e. The molecule has 0 aliphatic carbocycles. The third-order valence-electron chi connectivity index (χ3n) is 5.98. The van der Waals surface area contributed by atoms with Gasteiger partial charge in [0.2, 0.25) is 10.0 Å². The predicted molar refractivity (Wildman–Crippen MR) is 106 cm³/mol. The van der Waals surface area contributed by atoms with Crippen molar-refractivity contribution in [1.82, 2.24) is 14.5 Å². The van der Waals surface area contributed by atoms with Crippen molar-refractivity contribution in [2.45, 2.75) is 65.3 Å². The number of ether oxygens (including phenoxy) is 1. The monoisotopic (exact) mass is 445 g/mol. The van der Waals surface area contributed by atoms with E-state index >= 15 is 0 Å². The minimum atomic E-state index is -4.58. The van der Waals surface area contributed by atoms with Crippen molar-refractivity contribution in [2.75, 3.05) is 13.2 Å². The molecule has 1 aromatic heterocycles. The van der Waals surface area contributed by atoms with Crippen molar-refractivity contribution in [3.8, 4) is 0 Å². The van der Waals surface area contributed by atoms with E-state index in [0.717, 1.165) is 16.7 Å². The number of rotatable bonds is 5. The summed E-state index contributed by atoms with van der Waals surface area (Å²) in [6, 6.07) is 0. The molecule has 0 spiro atoms. The third kappa shape index (κ3) is 4.00. The van der Waals surface area contributed by atoms with Crippen molar-refractivity contribution in [1.29, 1.82) is 0 Å². The molecule has 2 heterocycles. The Morgan fingerprint density at radius 3 is 2.17 bits per heavy atom. The van der Waals surface area contributed by atoms with Crippen molar-refractivity contribution in [3.63, 3.8) is 0 Å². The molecular weight excluding hydrogens is 419 g/mol. The first-order valence-corrected chi connectivity index (χ1v) is 11.1. The maximum atomic E-state index is 13.3. The molecule has 1 aliphatic heterocycles. The number of nitrogens with zero attached hydrogens (tertiary/aromatic N) is 2. The summed E-state index contributed by atoms with van der Waals surface area (Å²) in [6.07, 6.45) is -4.28. The number of alkyl halides is 3. The number of fused-ring (bicyclic) bond motifs is 1. The van der Waals surface area contributed by atoms with Crippen LogP contribution in [0.15, 0.2) is 4.90 Å². The molecule has 1 aliphatic rings. The molecule has 1 N–H and O–H groups in total. The van der Waals surface area contributed by atoms with Gasteiger partial charge in [-0.2, -0.15) is 18.3 Å². The van der Waals surface area contributed by atoms with Gasteiger partial charge in [-0.3, -0.25) is 4.68 Å². The van der Waals surface area contributed by atoms with E-state index < -0.39 is 21.9 Å². The zero-order chi connectivity index (χ0) is 22.4. The van der Waals surface area contributed by atoms with Crippen LogP contribution in [-0.2, 0) is 40.5 Å². The summed E-state index contributed by atoms with van der Waals surface area (Å²) in [7, 11) is -3.83. The molecule has 0 atom stereocenters. The van der Waals surface area contributed by atoms with Gasteiger partial charge in [0.05, 0.1) is 24.7 Å². The molecule has 0 amide bonds. The van der Waals surface area contributed by atoms with Crippen LogP contribution >= 0.6 is 0 Å². The fraction of sp³-hybridized carbons (Fsp3) is 0.550. The molecule has 0 unspecified atom stereocenters. The van der Waals surface area contributed by atoms with Crippen LogP contribution in [0.25, 0.3) is 0 Å². The second-order valence-electron chi connectivity index (χ2n) is 7.65. The molecule has 0 radical (unpaired) electrons. The first kappa shape index (κ1) is 22.8. The van der Waals surface area contributed by atoms with Crippen LogP contribution < -0.4 is 4.72 Å². The minimum Gasteiger partial charge on any atom is -0.376 e. The van der Waals surface area contributed by atoms with Gasteiger partial charge >= 0.3 is 6.18 Å². The number of halogens is 3. The average molecular weight is 446 g/mol. The number of hydrogen-bond acceptors (Lipinski definition) is 4. The molecule has 0 bridgehead atoms. The summed E-state index contributed by atoms with van der Waals surface area (Å²) in [5.41, 5.74) is 3.75. The summed E-state index contributed by atoms with van der Waals surface area (Å²) in [4.78, 5) is 0.231. The molecular formula is C20H26F3N3O3S. The van der Waals surface area contributed by atoms with Crippen molar-refractivity contribution in [2.24, 2.45) is 0 Å². The summed E-state index contributed by atoms with van der Waals surface area (Å²) in [6.45, 7) is 9.35. The van der Waals surface area contributed by atoms with E-state index in [2.05, 4.69) is 9.82 Å². The summed E-state index contributed by atoms with van der Waals surface area (Å²) >= 11 is 0. The SMILES string of the molecule is Cc1c(C)c(C)c(S(=O)(=O)NCCn2nc(C(F)(F)F)c3c2CCOC3)c(C)c1C. The first-order valence-electron chi connectivity index (χ1n) is 9.66. The molecule has 0 saturated carbocycles. The highest BCUT2D eigenvalue weighted by molar-refractivity contribution is 7.89. The molecule has 0 fully saturated rings. The topological polar surface area (TPSA) is 73.2 Å². The summed E-state index contributed by atoms with van der Waals surface area (Å²) in [5, 5.41) is 3.71. The fourth-order valence-corrected chi connectivity index (χ4v) is 5.56. The summed E-state index contributed by atoms with van der Waals surface area (Å²) in [5.74, 6) is 0. The molecule has 6 nitrogen and oxygen atoms in total. The predicted octanol–water partition coefficient (Wildman–Crippen LogP) is 3.50. The Balaban J connectivity index is 1.85. The molecule has 166 valence electrons. The van der Waals surface area contributed by atoms with E-state index in [4.69, 9.17) is 4.74 Å². The molecule has 1 aromatic carbocycles. The van der Waals surface area contributed by atoms with Crippen LogP contribution in [0.2, 0.25) is 0 Å². The van der Waals surface area contributed by atoms with Gasteiger partial charge in [0.15, 0.2) is 5.69 Å². The van der Waals surface area contributed by atoms with Crippen LogP contribution in [0.1, 0.15) is 44.8 Å². The second-order valence-corrected chi connectivity index (χ2v) is 9.35.